The number of hydrogen-bond acceptors (Lipinski definition) is 5. The van der Waals surface area contributed by atoms with Crippen molar-refractivity contribution in [1.82, 2.24) is 20.5 Å². The second-order valence-corrected chi connectivity index (χ2v) is 7.63. The van der Waals surface area contributed by atoms with Gasteiger partial charge in [-0.25, -0.2) is 4.79 Å². The minimum Gasteiger partial charge on any atom is -0.444 e. The molecule has 27 heavy (non-hydrogen) atoms. The lowest BCUT2D eigenvalue weighted by atomic mass is 9.96. The predicted molar refractivity (Wildman–Crippen MR) is 100 cm³/mol. The number of alkyl carbamates (subject to hydrolysis) is 1. The zero-order valence-corrected chi connectivity index (χ0v) is 16.2. The molecule has 2 rings (SSSR count). The summed E-state index contributed by atoms with van der Waals surface area (Å²) in [6.07, 6.45) is 4.19. The number of pyridine rings is 1. The van der Waals surface area contributed by atoms with Gasteiger partial charge in [0.25, 0.3) is 5.91 Å². The van der Waals surface area contributed by atoms with Crippen molar-refractivity contribution >= 4 is 17.9 Å². The maximum atomic E-state index is 12.2. The van der Waals surface area contributed by atoms with Crippen LogP contribution in [0.25, 0.3) is 0 Å². The summed E-state index contributed by atoms with van der Waals surface area (Å²) in [7, 11) is 0. The Morgan fingerprint density at radius 2 is 1.93 bits per heavy atom. The SMILES string of the molecule is CC(C)(C)OC(=O)NCC(=O)N1CCC(CNC(=O)c2cccnc2)CC1. The average molecular weight is 376 g/mol. The predicted octanol–water partition coefficient (Wildman–Crippen LogP) is 1.57. The third kappa shape index (κ3) is 7.24. The highest BCUT2D eigenvalue weighted by molar-refractivity contribution is 5.93. The molecule has 3 amide bonds. The van der Waals surface area contributed by atoms with Crippen LogP contribution < -0.4 is 10.6 Å². The highest BCUT2D eigenvalue weighted by Crippen LogP contribution is 2.16. The van der Waals surface area contributed by atoms with Gasteiger partial charge >= 0.3 is 6.09 Å². The van der Waals surface area contributed by atoms with E-state index in [0.29, 0.717) is 31.1 Å². The lowest BCUT2D eigenvalue weighted by Gasteiger charge is -2.32. The number of nitrogens with one attached hydrogen (secondary N) is 2. The number of hydrogen-bond donors (Lipinski definition) is 2. The van der Waals surface area contributed by atoms with E-state index in [9.17, 15) is 14.4 Å². The number of carbonyl (C=O) groups excluding carboxylic acids is 3. The van der Waals surface area contributed by atoms with Crippen molar-refractivity contribution < 1.29 is 19.1 Å². The van der Waals surface area contributed by atoms with Crippen molar-refractivity contribution in [2.75, 3.05) is 26.2 Å². The summed E-state index contributed by atoms with van der Waals surface area (Å²) < 4.78 is 5.12. The van der Waals surface area contributed by atoms with Gasteiger partial charge in [0.15, 0.2) is 0 Å². The Hall–Kier alpha value is -2.64. The number of nitrogens with zero attached hydrogens (tertiary/aromatic N) is 2. The van der Waals surface area contributed by atoms with Gasteiger partial charge in [0.2, 0.25) is 5.91 Å². The highest BCUT2D eigenvalue weighted by atomic mass is 16.6. The highest BCUT2D eigenvalue weighted by Gasteiger charge is 2.24. The molecule has 2 N–H and O–H groups in total. The smallest absolute Gasteiger partial charge is 0.408 e. The first-order chi connectivity index (χ1) is 12.7. The molecule has 8 nitrogen and oxygen atoms in total. The number of likely N-dealkylation sites (tertiary alicyclic amines) is 1. The van der Waals surface area contributed by atoms with Crippen molar-refractivity contribution in [3.8, 4) is 0 Å². The molecule has 8 heteroatoms. The molecular formula is C19H28N4O4. The molecule has 2 heterocycles. The fourth-order valence-corrected chi connectivity index (χ4v) is 2.80. The number of carbonyl (C=O) groups is 3. The van der Waals surface area contributed by atoms with E-state index in [1.54, 1.807) is 44.0 Å². The van der Waals surface area contributed by atoms with Crippen LogP contribution in [0.4, 0.5) is 4.79 Å². The van der Waals surface area contributed by atoms with E-state index in [1.165, 1.54) is 6.20 Å². The van der Waals surface area contributed by atoms with Gasteiger partial charge in [-0.2, -0.15) is 0 Å². The van der Waals surface area contributed by atoms with Crippen LogP contribution in [-0.4, -0.2) is 59.6 Å². The van der Waals surface area contributed by atoms with E-state index in [4.69, 9.17) is 4.74 Å². The van der Waals surface area contributed by atoms with Crippen LogP contribution in [0.1, 0.15) is 44.0 Å². The van der Waals surface area contributed by atoms with Crippen LogP contribution in [0.2, 0.25) is 0 Å². The Kier molecular flexibility index (Phi) is 7.15. The summed E-state index contributed by atoms with van der Waals surface area (Å²) >= 11 is 0. The summed E-state index contributed by atoms with van der Waals surface area (Å²) in [6.45, 7) is 7.04. The molecule has 1 aromatic heterocycles. The Bertz CT molecular complexity index is 649. The first-order valence-electron chi connectivity index (χ1n) is 9.17. The number of rotatable bonds is 5. The molecule has 0 saturated carbocycles. The minimum atomic E-state index is -0.594. The molecule has 0 spiro atoms. The van der Waals surface area contributed by atoms with Gasteiger partial charge in [-0.3, -0.25) is 14.6 Å². The van der Waals surface area contributed by atoms with E-state index in [2.05, 4.69) is 15.6 Å². The third-order valence-corrected chi connectivity index (χ3v) is 4.23. The van der Waals surface area contributed by atoms with E-state index in [-0.39, 0.29) is 18.4 Å². The van der Waals surface area contributed by atoms with Crippen molar-refractivity contribution in [2.24, 2.45) is 5.92 Å². The first-order valence-corrected chi connectivity index (χ1v) is 9.17. The molecule has 1 aliphatic heterocycles. The molecule has 0 aromatic carbocycles. The van der Waals surface area contributed by atoms with Crippen molar-refractivity contribution in [1.29, 1.82) is 0 Å². The summed E-state index contributed by atoms with van der Waals surface area (Å²) in [5.74, 6) is 0.0651. The van der Waals surface area contributed by atoms with E-state index < -0.39 is 11.7 Å². The van der Waals surface area contributed by atoms with E-state index >= 15 is 0 Å². The molecular weight excluding hydrogens is 348 g/mol. The molecule has 148 valence electrons. The van der Waals surface area contributed by atoms with Gasteiger partial charge in [0.1, 0.15) is 12.1 Å². The monoisotopic (exact) mass is 376 g/mol. The summed E-state index contributed by atoms with van der Waals surface area (Å²) in [5.41, 5.74) is -0.0514. The Labute approximate surface area is 159 Å². The van der Waals surface area contributed by atoms with Crippen LogP contribution in [0.5, 0.6) is 0 Å². The largest absolute Gasteiger partial charge is 0.444 e. The summed E-state index contributed by atoms with van der Waals surface area (Å²) in [5, 5.41) is 5.41. The zero-order chi connectivity index (χ0) is 19.9. The van der Waals surface area contributed by atoms with Crippen LogP contribution in [-0.2, 0) is 9.53 Å². The molecule has 1 aliphatic rings. The van der Waals surface area contributed by atoms with Crippen molar-refractivity contribution in [3.05, 3.63) is 30.1 Å². The van der Waals surface area contributed by atoms with Gasteiger partial charge < -0.3 is 20.3 Å². The molecule has 0 unspecified atom stereocenters. The van der Waals surface area contributed by atoms with Crippen LogP contribution in [0.3, 0.4) is 0 Å². The molecule has 0 radical (unpaired) electrons. The topological polar surface area (TPSA) is 101 Å². The number of aromatic nitrogens is 1. The van der Waals surface area contributed by atoms with Crippen LogP contribution in [0.15, 0.2) is 24.5 Å². The third-order valence-electron chi connectivity index (χ3n) is 4.23. The number of amides is 3. The fraction of sp³-hybridized carbons (Fsp3) is 0.579. The Balaban J connectivity index is 1.66. The second kappa shape index (κ2) is 9.34. The first kappa shape index (κ1) is 20.7. The Morgan fingerprint density at radius 1 is 1.22 bits per heavy atom. The molecule has 0 atom stereocenters. The molecule has 0 bridgehead atoms. The number of piperidine rings is 1. The summed E-state index contributed by atoms with van der Waals surface area (Å²) in [6, 6.07) is 3.45. The zero-order valence-electron chi connectivity index (χ0n) is 16.2. The average Bonchev–Trinajstić information content (AvgIpc) is 2.64. The van der Waals surface area contributed by atoms with Gasteiger partial charge in [-0.1, -0.05) is 0 Å². The lowest BCUT2D eigenvalue weighted by Crippen LogP contribution is -2.46. The molecule has 1 fully saturated rings. The standard InChI is InChI=1S/C19H28N4O4/c1-19(2,3)27-18(26)22-13-16(24)23-9-6-14(7-10-23)11-21-17(25)15-5-4-8-20-12-15/h4-5,8,12,14H,6-7,9-11,13H2,1-3H3,(H,21,25)(H,22,26). The van der Waals surface area contributed by atoms with Gasteiger partial charge in [-0.05, 0) is 51.7 Å². The van der Waals surface area contributed by atoms with Crippen LogP contribution >= 0.6 is 0 Å². The maximum Gasteiger partial charge on any atom is 0.408 e. The van der Waals surface area contributed by atoms with Crippen LogP contribution in [0, 0.1) is 5.92 Å². The van der Waals surface area contributed by atoms with Crippen molar-refractivity contribution in [2.45, 2.75) is 39.2 Å². The lowest BCUT2D eigenvalue weighted by molar-refractivity contribution is -0.131. The maximum absolute atomic E-state index is 12.2. The summed E-state index contributed by atoms with van der Waals surface area (Å²) in [4.78, 5) is 41.5. The fourth-order valence-electron chi connectivity index (χ4n) is 2.80. The second-order valence-electron chi connectivity index (χ2n) is 7.63. The van der Waals surface area contributed by atoms with Gasteiger partial charge in [0, 0.05) is 32.0 Å². The Morgan fingerprint density at radius 3 is 2.52 bits per heavy atom. The molecule has 1 saturated heterocycles. The van der Waals surface area contributed by atoms with E-state index in [0.717, 1.165) is 12.8 Å². The molecule has 1 aromatic rings. The van der Waals surface area contributed by atoms with E-state index in [1.807, 2.05) is 0 Å². The number of ether oxygens (including phenoxy) is 1. The van der Waals surface area contributed by atoms with Gasteiger partial charge in [-0.15, -0.1) is 0 Å². The normalized spacial score (nSPS) is 15.1. The minimum absolute atomic E-state index is 0.0721. The molecule has 0 aliphatic carbocycles. The van der Waals surface area contributed by atoms with Gasteiger partial charge in [0.05, 0.1) is 5.56 Å². The quantitative estimate of drug-likeness (QED) is 0.812. The van der Waals surface area contributed by atoms with Crippen molar-refractivity contribution in [3.63, 3.8) is 0 Å².